The Kier molecular flexibility index (Phi) is 3.90. The van der Waals surface area contributed by atoms with Gasteiger partial charge in [0, 0.05) is 11.8 Å². The second-order valence-corrected chi connectivity index (χ2v) is 4.58. The molecule has 1 unspecified atom stereocenters. The van der Waals surface area contributed by atoms with Gasteiger partial charge in [-0.25, -0.2) is 8.78 Å². The molecule has 1 heterocycles. The van der Waals surface area contributed by atoms with Crippen LogP contribution in [0, 0.1) is 25.5 Å². The van der Waals surface area contributed by atoms with Crippen LogP contribution in [0.25, 0.3) is 0 Å². The molecule has 2 rings (SSSR count). The van der Waals surface area contributed by atoms with E-state index < -0.39 is 17.7 Å². The van der Waals surface area contributed by atoms with Gasteiger partial charge in [0.05, 0.1) is 11.7 Å². The minimum Gasteiger partial charge on any atom is -0.308 e. The molecule has 4 heteroatoms. The summed E-state index contributed by atoms with van der Waals surface area (Å²) in [6.07, 6.45) is 1.66. The summed E-state index contributed by atoms with van der Waals surface area (Å²) < 4.78 is 27.7. The van der Waals surface area contributed by atoms with Crippen molar-refractivity contribution in [2.24, 2.45) is 0 Å². The van der Waals surface area contributed by atoms with E-state index >= 15 is 0 Å². The number of hydrogen-bond acceptors (Lipinski definition) is 2. The molecule has 0 aliphatic heterocycles. The lowest BCUT2D eigenvalue weighted by Crippen LogP contribution is -2.21. The lowest BCUT2D eigenvalue weighted by atomic mass is 10.00. The molecule has 0 amide bonds. The van der Waals surface area contributed by atoms with Crippen LogP contribution in [0.2, 0.25) is 0 Å². The van der Waals surface area contributed by atoms with Gasteiger partial charge in [-0.15, -0.1) is 0 Å². The molecule has 1 atom stereocenters. The molecule has 0 saturated heterocycles. The lowest BCUT2D eigenvalue weighted by Gasteiger charge is -2.18. The number of nitrogens with zero attached hydrogens (tertiary/aromatic N) is 1. The number of pyridine rings is 1. The standard InChI is InChI=1S/C15H16F2N2/c1-9-6-7-19-12(8-9)15(18-3)11-5-4-10(2)13(16)14(11)17/h4-8,15,18H,1-3H3. The first-order chi connectivity index (χ1) is 9.04. The van der Waals surface area contributed by atoms with Gasteiger partial charge in [0.15, 0.2) is 11.6 Å². The van der Waals surface area contributed by atoms with E-state index in [2.05, 4.69) is 10.3 Å². The predicted octanol–water partition coefficient (Wildman–Crippen LogP) is 3.29. The highest BCUT2D eigenvalue weighted by Gasteiger charge is 2.20. The normalized spacial score (nSPS) is 12.5. The summed E-state index contributed by atoms with van der Waals surface area (Å²) in [6.45, 7) is 3.48. The third kappa shape index (κ3) is 2.63. The molecular weight excluding hydrogens is 246 g/mol. The van der Waals surface area contributed by atoms with Gasteiger partial charge in [0.1, 0.15) is 0 Å². The number of nitrogens with one attached hydrogen (secondary N) is 1. The quantitative estimate of drug-likeness (QED) is 0.918. The highest BCUT2D eigenvalue weighted by Crippen LogP contribution is 2.26. The number of halogens is 2. The maximum Gasteiger partial charge on any atom is 0.164 e. The zero-order valence-electron chi connectivity index (χ0n) is 11.2. The predicted molar refractivity (Wildman–Crippen MR) is 71.0 cm³/mol. The highest BCUT2D eigenvalue weighted by atomic mass is 19.2. The summed E-state index contributed by atoms with van der Waals surface area (Å²) in [5, 5.41) is 2.98. The third-order valence-electron chi connectivity index (χ3n) is 3.14. The van der Waals surface area contributed by atoms with E-state index in [0.717, 1.165) is 5.56 Å². The Morgan fingerprint density at radius 2 is 1.84 bits per heavy atom. The molecule has 1 aromatic heterocycles. The van der Waals surface area contributed by atoms with Crippen LogP contribution in [0.1, 0.15) is 28.4 Å². The fraction of sp³-hybridized carbons (Fsp3) is 0.267. The average molecular weight is 262 g/mol. The van der Waals surface area contributed by atoms with Crippen LogP contribution < -0.4 is 5.32 Å². The van der Waals surface area contributed by atoms with Crippen molar-refractivity contribution < 1.29 is 8.78 Å². The van der Waals surface area contributed by atoms with Gasteiger partial charge in [-0.3, -0.25) is 4.98 Å². The summed E-state index contributed by atoms with van der Waals surface area (Å²) in [5.74, 6) is -1.62. The molecule has 0 spiro atoms. The summed E-state index contributed by atoms with van der Waals surface area (Å²) in [6, 6.07) is 6.43. The highest BCUT2D eigenvalue weighted by molar-refractivity contribution is 5.33. The Labute approximate surface area is 111 Å². The van der Waals surface area contributed by atoms with Gasteiger partial charge in [-0.1, -0.05) is 12.1 Å². The van der Waals surface area contributed by atoms with E-state index in [0.29, 0.717) is 11.3 Å². The van der Waals surface area contributed by atoms with Crippen LogP contribution in [-0.4, -0.2) is 12.0 Å². The van der Waals surface area contributed by atoms with Gasteiger partial charge in [-0.2, -0.15) is 0 Å². The number of hydrogen-bond donors (Lipinski definition) is 1. The third-order valence-corrected chi connectivity index (χ3v) is 3.14. The molecule has 0 aliphatic carbocycles. The number of rotatable bonds is 3. The first-order valence-corrected chi connectivity index (χ1v) is 6.09. The Morgan fingerprint density at radius 1 is 1.11 bits per heavy atom. The number of aryl methyl sites for hydroxylation is 2. The summed E-state index contributed by atoms with van der Waals surface area (Å²) in [7, 11) is 1.70. The summed E-state index contributed by atoms with van der Waals surface area (Å²) >= 11 is 0. The summed E-state index contributed by atoms with van der Waals surface area (Å²) in [5.41, 5.74) is 2.26. The van der Waals surface area contributed by atoms with E-state index in [1.807, 2.05) is 19.1 Å². The Morgan fingerprint density at radius 3 is 2.47 bits per heavy atom. The smallest absolute Gasteiger partial charge is 0.164 e. The van der Waals surface area contributed by atoms with E-state index in [9.17, 15) is 8.78 Å². The van der Waals surface area contributed by atoms with Gasteiger partial charge < -0.3 is 5.32 Å². The van der Waals surface area contributed by atoms with Crippen molar-refractivity contribution in [1.29, 1.82) is 0 Å². The molecule has 19 heavy (non-hydrogen) atoms. The molecule has 100 valence electrons. The van der Waals surface area contributed by atoms with Crippen LogP contribution in [-0.2, 0) is 0 Å². The van der Waals surface area contributed by atoms with E-state index in [-0.39, 0.29) is 5.56 Å². The zero-order chi connectivity index (χ0) is 14.0. The Bertz CT molecular complexity index is 597. The van der Waals surface area contributed by atoms with Crippen LogP contribution in [0.3, 0.4) is 0 Å². The largest absolute Gasteiger partial charge is 0.308 e. The first-order valence-electron chi connectivity index (χ1n) is 6.09. The molecule has 0 bridgehead atoms. The van der Waals surface area contributed by atoms with Gasteiger partial charge in [0.2, 0.25) is 0 Å². The Hall–Kier alpha value is -1.81. The molecular formula is C15H16F2N2. The van der Waals surface area contributed by atoms with Crippen LogP contribution in [0.5, 0.6) is 0 Å². The Balaban J connectivity index is 2.51. The van der Waals surface area contributed by atoms with Crippen molar-refractivity contribution in [3.63, 3.8) is 0 Å². The van der Waals surface area contributed by atoms with Crippen molar-refractivity contribution in [2.45, 2.75) is 19.9 Å². The van der Waals surface area contributed by atoms with Crippen molar-refractivity contribution in [3.05, 3.63) is 64.5 Å². The fourth-order valence-corrected chi connectivity index (χ4v) is 2.06. The maximum absolute atomic E-state index is 14.0. The minimum atomic E-state index is -0.817. The van der Waals surface area contributed by atoms with Crippen molar-refractivity contribution in [2.75, 3.05) is 7.05 Å². The molecule has 0 aliphatic rings. The molecule has 0 saturated carbocycles. The molecule has 1 aromatic carbocycles. The first kappa shape index (κ1) is 13.6. The SMILES string of the molecule is CNC(c1cc(C)ccn1)c1ccc(C)c(F)c1F. The topological polar surface area (TPSA) is 24.9 Å². The van der Waals surface area contributed by atoms with Crippen LogP contribution in [0.15, 0.2) is 30.5 Å². The van der Waals surface area contributed by atoms with Crippen molar-refractivity contribution in [3.8, 4) is 0 Å². The van der Waals surface area contributed by atoms with Gasteiger partial charge in [0.25, 0.3) is 0 Å². The monoisotopic (exact) mass is 262 g/mol. The second-order valence-electron chi connectivity index (χ2n) is 4.58. The van der Waals surface area contributed by atoms with Crippen LogP contribution in [0.4, 0.5) is 8.78 Å². The fourth-order valence-electron chi connectivity index (χ4n) is 2.06. The molecule has 0 radical (unpaired) electrons. The number of benzene rings is 1. The second kappa shape index (κ2) is 5.45. The zero-order valence-corrected chi connectivity index (χ0v) is 11.2. The van der Waals surface area contributed by atoms with Crippen molar-refractivity contribution in [1.82, 2.24) is 10.3 Å². The average Bonchev–Trinajstić information content (AvgIpc) is 2.40. The van der Waals surface area contributed by atoms with Crippen LogP contribution >= 0.6 is 0 Å². The molecule has 2 nitrogen and oxygen atoms in total. The summed E-state index contributed by atoms with van der Waals surface area (Å²) in [4.78, 5) is 4.23. The minimum absolute atomic E-state index is 0.267. The van der Waals surface area contributed by atoms with E-state index in [4.69, 9.17) is 0 Å². The lowest BCUT2D eigenvalue weighted by molar-refractivity contribution is 0.481. The molecule has 2 aromatic rings. The maximum atomic E-state index is 14.0. The van der Waals surface area contributed by atoms with Gasteiger partial charge in [-0.05, 0) is 44.2 Å². The van der Waals surface area contributed by atoms with E-state index in [1.54, 1.807) is 32.3 Å². The number of aromatic nitrogens is 1. The van der Waals surface area contributed by atoms with Gasteiger partial charge >= 0.3 is 0 Å². The molecule has 0 fully saturated rings. The van der Waals surface area contributed by atoms with E-state index in [1.165, 1.54) is 0 Å². The van der Waals surface area contributed by atoms with Crippen molar-refractivity contribution >= 4 is 0 Å². The molecule has 1 N–H and O–H groups in total.